The molecular formula is C31H25NO9. The lowest BCUT2D eigenvalue weighted by atomic mass is 9.79. The molecule has 1 aliphatic carbocycles. The molecule has 0 spiro atoms. The minimum atomic E-state index is -0.994. The third-order valence-electron chi connectivity index (χ3n) is 7.40. The highest BCUT2D eigenvalue weighted by atomic mass is 16.8. The van der Waals surface area contributed by atoms with Gasteiger partial charge in [0.05, 0.1) is 22.7 Å². The first-order chi connectivity index (χ1) is 19.8. The highest BCUT2D eigenvalue weighted by Crippen LogP contribution is 2.51. The molecule has 1 saturated heterocycles. The van der Waals surface area contributed by atoms with Gasteiger partial charge in [-0.1, -0.05) is 36.4 Å². The molecule has 0 radical (unpaired) electrons. The van der Waals surface area contributed by atoms with Crippen LogP contribution in [0.4, 0.5) is 0 Å². The summed E-state index contributed by atoms with van der Waals surface area (Å²) >= 11 is 0. The molecule has 1 amide bonds. The molecule has 1 N–H and O–H groups in total. The second-order valence-electron chi connectivity index (χ2n) is 10.5. The van der Waals surface area contributed by atoms with E-state index in [1.165, 1.54) is 0 Å². The van der Waals surface area contributed by atoms with E-state index >= 15 is 0 Å². The Labute approximate surface area is 234 Å². The third kappa shape index (κ3) is 4.32. The molecule has 0 aromatic heterocycles. The number of esters is 2. The summed E-state index contributed by atoms with van der Waals surface area (Å²) in [6.07, 6.45) is -0.445. The van der Waals surface area contributed by atoms with E-state index in [1.54, 1.807) is 80.6 Å². The normalized spacial score (nSPS) is 24.7. The van der Waals surface area contributed by atoms with E-state index < -0.39 is 48.0 Å². The lowest BCUT2D eigenvalue weighted by molar-refractivity contribution is -0.152. The van der Waals surface area contributed by atoms with Gasteiger partial charge in [0.15, 0.2) is 17.3 Å². The molecular weight excluding hydrogens is 530 g/mol. The average Bonchev–Trinajstić information content (AvgIpc) is 3.58. The van der Waals surface area contributed by atoms with Gasteiger partial charge < -0.3 is 33.7 Å². The van der Waals surface area contributed by atoms with Gasteiger partial charge in [-0.25, -0.2) is 9.59 Å². The Bertz CT molecular complexity index is 1600. The molecule has 208 valence electrons. The van der Waals surface area contributed by atoms with Gasteiger partial charge in [-0.2, -0.15) is 0 Å². The van der Waals surface area contributed by atoms with Gasteiger partial charge in [0, 0.05) is 5.56 Å². The van der Waals surface area contributed by atoms with Crippen molar-refractivity contribution in [1.29, 1.82) is 0 Å². The lowest BCUT2D eigenvalue weighted by Crippen LogP contribution is -2.56. The second-order valence-corrected chi connectivity index (χ2v) is 10.5. The van der Waals surface area contributed by atoms with Crippen molar-refractivity contribution in [2.24, 2.45) is 0 Å². The number of rotatable bonds is 4. The molecule has 0 unspecified atom stereocenters. The highest BCUT2D eigenvalue weighted by molar-refractivity contribution is 6.09. The molecule has 10 heteroatoms. The largest absolute Gasteiger partial charge is 0.453 e. The smallest absolute Gasteiger partial charge is 0.343 e. The lowest BCUT2D eigenvalue weighted by Gasteiger charge is -2.39. The van der Waals surface area contributed by atoms with Crippen LogP contribution in [0.3, 0.4) is 0 Å². The van der Waals surface area contributed by atoms with E-state index in [4.69, 9.17) is 28.4 Å². The maximum absolute atomic E-state index is 13.7. The molecule has 0 saturated carbocycles. The Morgan fingerprint density at radius 3 is 2.27 bits per heavy atom. The van der Waals surface area contributed by atoms with Crippen LogP contribution < -0.4 is 19.5 Å². The minimum absolute atomic E-state index is 0.0513. The van der Waals surface area contributed by atoms with Crippen LogP contribution in [0.1, 0.15) is 50.5 Å². The van der Waals surface area contributed by atoms with Gasteiger partial charge >= 0.3 is 11.9 Å². The van der Waals surface area contributed by atoms with Crippen LogP contribution in [0.15, 0.2) is 72.8 Å². The van der Waals surface area contributed by atoms with Crippen molar-refractivity contribution >= 4 is 23.4 Å². The Morgan fingerprint density at radius 2 is 1.56 bits per heavy atom. The number of ether oxygens (including phenoxy) is 6. The van der Waals surface area contributed by atoms with Crippen molar-refractivity contribution in [3.05, 3.63) is 95.1 Å². The van der Waals surface area contributed by atoms with Crippen LogP contribution in [0.5, 0.6) is 17.2 Å². The first-order valence-electron chi connectivity index (χ1n) is 13.2. The van der Waals surface area contributed by atoms with Crippen LogP contribution in [-0.2, 0) is 14.2 Å². The maximum Gasteiger partial charge on any atom is 0.343 e. The fraction of sp³-hybridized carbons (Fsp3) is 0.258. The first kappa shape index (κ1) is 25.3. The Hall–Kier alpha value is -4.67. The Balaban J connectivity index is 1.33. The summed E-state index contributed by atoms with van der Waals surface area (Å²) in [4.78, 5) is 39.8. The molecule has 1 fully saturated rings. The van der Waals surface area contributed by atoms with E-state index in [0.29, 0.717) is 28.0 Å². The number of nitrogens with one attached hydrogen (secondary N) is 1. The van der Waals surface area contributed by atoms with E-state index in [1.807, 2.05) is 6.07 Å². The van der Waals surface area contributed by atoms with Crippen LogP contribution >= 0.6 is 0 Å². The third-order valence-corrected chi connectivity index (χ3v) is 7.40. The molecule has 4 atom stereocenters. The van der Waals surface area contributed by atoms with Gasteiger partial charge in [0.2, 0.25) is 12.5 Å². The number of amides is 1. The molecule has 10 nitrogen and oxygen atoms in total. The Kier molecular flexibility index (Phi) is 5.84. The fourth-order valence-corrected chi connectivity index (χ4v) is 5.67. The molecule has 41 heavy (non-hydrogen) atoms. The summed E-state index contributed by atoms with van der Waals surface area (Å²) in [5, 5.41) is 2.99. The number of carbonyl (C=O) groups is 3. The quantitative estimate of drug-likeness (QED) is 0.378. The molecule has 3 aliphatic heterocycles. The summed E-state index contributed by atoms with van der Waals surface area (Å²) in [5.41, 5.74) is 1.86. The van der Waals surface area contributed by atoms with Crippen molar-refractivity contribution in [1.82, 2.24) is 5.32 Å². The van der Waals surface area contributed by atoms with Crippen LogP contribution in [0.2, 0.25) is 0 Å². The van der Waals surface area contributed by atoms with Gasteiger partial charge in [-0.3, -0.25) is 4.79 Å². The minimum Gasteiger partial charge on any atom is -0.453 e. The molecule has 3 heterocycles. The van der Waals surface area contributed by atoms with Gasteiger partial charge in [-0.15, -0.1) is 0 Å². The fourth-order valence-electron chi connectivity index (χ4n) is 5.67. The second kappa shape index (κ2) is 9.46. The maximum atomic E-state index is 13.7. The zero-order valence-corrected chi connectivity index (χ0v) is 22.1. The number of fused-ring (bicyclic) bond motifs is 6. The molecule has 7 rings (SSSR count). The molecule has 0 bridgehead atoms. The van der Waals surface area contributed by atoms with E-state index in [2.05, 4.69) is 5.32 Å². The summed E-state index contributed by atoms with van der Waals surface area (Å²) in [5.74, 6) is -2.24. The highest BCUT2D eigenvalue weighted by Gasteiger charge is 2.55. The zero-order chi connectivity index (χ0) is 28.3. The Morgan fingerprint density at radius 1 is 0.902 bits per heavy atom. The van der Waals surface area contributed by atoms with Gasteiger partial charge in [-0.05, 0) is 55.8 Å². The van der Waals surface area contributed by atoms with E-state index in [-0.39, 0.29) is 23.9 Å². The summed E-state index contributed by atoms with van der Waals surface area (Å²) in [6, 6.07) is 18.1. The monoisotopic (exact) mass is 555 g/mol. The van der Waals surface area contributed by atoms with Crippen molar-refractivity contribution in [2.75, 3.05) is 6.79 Å². The summed E-state index contributed by atoms with van der Waals surface area (Å²) < 4.78 is 35.4. The number of carbonyl (C=O) groups excluding carboxylic acids is 3. The summed E-state index contributed by atoms with van der Waals surface area (Å²) in [6.45, 7) is 3.42. The van der Waals surface area contributed by atoms with Gasteiger partial charge in [0.25, 0.3) is 5.91 Å². The van der Waals surface area contributed by atoms with Crippen molar-refractivity contribution in [3.8, 4) is 17.2 Å². The van der Waals surface area contributed by atoms with Crippen molar-refractivity contribution < 1.29 is 42.8 Å². The van der Waals surface area contributed by atoms with Gasteiger partial charge in [0.1, 0.15) is 18.3 Å². The van der Waals surface area contributed by atoms with Crippen LogP contribution in [-0.4, -0.2) is 54.8 Å². The number of benzene rings is 3. The molecule has 3 aromatic carbocycles. The first-order valence-corrected chi connectivity index (χ1v) is 13.2. The van der Waals surface area contributed by atoms with Crippen molar-refractivity contribution in [2.45, 2.75) is 44.0 Å². The van der Waals surface area contributed by atoms with Crippen LogP contribution in [0, 0.1) is 0 Å². The number of hydrogen-bond acceptors (Lipinski definition) is 9. The topological polar surface area (TPSA) is 119 Å². The summed E-state index contributed by atoms with van der Waals surface area (Å²) in [7, 11) is 0. The SMILES string of the molecule is CC1(C)O[C@@H]2[C@H](O1)[C@@H](OC(=O)c1ccccc1)C=C1c3cc4c(c(OC(=O)c5ccccc5)c3C(=O)N[C@H]12)OCO4. The van der Waals surface area contributed by atoms with E-state index in [9.17, 15) is 14.4 Å². The zero-order valence-electron chi connectivity index (χ0n) is 22.1. The van der Waals surface area contributed by atoms with Crippen molar-refractivity contribution in [3.63, 3.8) is 0 Å². The predicted molar refractivity (Wildman–Crippen MR) is 143 cm³/mol. The van der Waals surface area contributed by atoms with E-state index in [0.717, 1.165) is 0 Å². The average molecular weight is 556 g/mol. The standard InChI is InChI=1S/C31H25NO9/c1-31(2)40-25-21(38-29(34)16-9-5-3-6-10-16)14-19-18-13-20-24(37-15-36-20)26(39-30(35)17-11-7-4-8-12-17)22(18)28(33)32-23(19)27(25)41-31/h3-14,21,23,25,27H,15H2,1-2H3,(H,32,33)/t21-,23+,25+,27-/m0/s1. The predicted octanol–water partition coefficient (Wildman–Crippen LogP) is 3.89. The molecule has 3 aromatic rings. The van der Waals surface area contributed by atoms with Crippen LogP contribution in [0.25, 0.3) is 5.57 Å². The number of hydrogen-bond donors (Lipinski definition) is 1. The molecule has 4 aliphatic rings.